The first-order chi connectivity index (χ1) is 15.4. The topological polar surface area (TPSA) is 86.8 Å². The molecule has 9 heteroatoms. The first-order valence-electron chi connectivity index (χ1n) is 10.8. The SMILES string of the molecule is CC[C@H](C)NC(=O)[C@@H](C)N(Cc1ccccc1C)C(=O)CN(c1cccc(F)c1)S(C)(=O)=O. The molecule has 1 N–H and O–H groups in total. The molecule has 33 heavy (non-hydrogen) atoms. The number of hydrogen-bond acceptors (Lipinski definition) is 4. The highest BCUT2D eigenvalue weighted by Gasteiger charge is 2.30. The predicted octanol–water partition coefficient (Wildman–Crippen LogP) is 3.23. The van der Waals surface area contributed by atoms with Crippen molar-refractivity contribution in [3.8, 4) is 0 Å². The molecular formula is C24H32FN3O4S. The van der Waals surface area contributed by atoms with Gasteiger partial charge in [-0.05, 0) is 56.5 Å². The van der Waals surface area contributed by atoms with Crippen LogP contribution in [0.5, 0.6) is 0 Å². The van der Waals surface area contributed by atoms with E-state index in [1.54, 1.807) is 6.92 Å². The van der Waals surface area contributed by atoms with Gasteiger partial charge in [0.25, 0.3) is 0 Å². The Bertz CT molecular complexity index is 1090. The quantitative estimate of drug-likeness (QED) is 0.569. The van der Waals surface area contributed by atoms with E-state index < -0.39 is 34.3 Å². The Kier molecular flexibility index (Phi) is 8.99. The lowest BCUT2D eigenvalue weighted by Crippen LogP contribution is -2.52. The van der Waals surface area contributed by atoms with Gasteiger partial charge in [-0.1, -0.05) is 37.3 Å². The lowest BCUT2D eigenvalue weighted by molar-refractivity contribution is -0.139. The summed E-state index contributed by atoms with van der Waals surface area (Å²) in [5.41, 5.74) is 1.82. The molecule has 0 aliphatic heterocycles. The maximum absolute atomic E-state index is 13.8. The van der Waals surface area contributed by atoms with Crippen molar-refractivity contribution in [3.05, 3.63) is 65.5 Å². The first-order valence-corrected chi connectivity index (χ1v) is 12.7. The van der Waals surface area contributed by atoms with Gasteiger partial charge in [-0.2, -0.15) is 0 Å². The number of nitrogens with zero attached hydrogens (tertiary/aromatic N) is 2. The highest BCUT2D eigenvalue weighted by Crippen LogP contribution is 2.20. The van der Waals surface area contributed by atoms with Crippen molar-refractivity contribution < 1.29 is 22.4 Å². The highest BCUT2D eigenvalue weighted by atomic mass is 32.2. The summed E-state index contributed by atoms with van der Waals surface area (Å²) >= 11 is 0. The van der Waals surface area contributed by atoms with Crippen molar-refractivity contribution in [1.29, 1.82) is 0 Å². The van der Waals surface area contributed by atoms with Crippen molar-refractivity contribution in [1.82, 2.24) is 10.2 Å². The molecule has 180 valence electrons. The molecule has 0 heterocycles. The number of benzene rings is 2. The van der Waals surface area contributed by atoms with Crippen LogP contribution in [0.15, 0.2) is 48.5 Å². The van der Waals surface area contributed by atoms with Crippen molar-refractivity contribution in [3.63, 3.8) is 0 Å². The molecule has 0 aliphatic rings. The van der Waals surface area contributed by atoms with E-state index in [1.807, 2.05) is 45.0 Å². The summed E-state index contributed by atoms with van der Waals surface area (Å²) in [6.07, 6.45) is 1.68. The number of carbonyl (C=O) groups excluding carboxylic acids is 2. The van der Waals surface area contributed by atoms with Gasteiger partial charge in [-0.25, -0.2) is 12.8 Å². The number of sulfonamides is 1. The summed E-state index contributed by atoms with van der Waals surface area (Å²) in [5, 5.41) is 2.87. The van der Waals surface area contributed by atoms with E-state index in [-0.39, 0.29) is 24.2 Å². The van der Waals surface area contributed by atoms with Crippen molar-refractivity contribution in [2.24, 2.45) is 0 Å². The van der Waals surface area contributed by atoms with E-state index >= 15 is 0 Å². The van der Waals surface area contributed by atoms with Crippen LogP contribution in [0.2, 0.25) is 0 Å². The summed E-state index contributed by atoms with van der Waals surface area (Å²) in [6, 6.07) is 11.6. The summed E-state index contributed by atoms with van der Waals surface area (Å²) < 4.78 is 39.5. The first kappa shape index (κ1) is 26.3. The molecule has 2 aromatic carbocycles. The summed E-state index contributed by atoms with van der Waals surface area (Å²) in [5.74, 6) is -1.52. The Balaban J connectivity index is 2.40. The zero-order valence-corrected chi connectivity index (χ0v) is 20.5. The van der Waals surface area contributed by atoms with Gasteiger partial charge in [-0.15, -0.1) is 0 Å². The van der Waals surface area contributed by atoms with Gasteiger partial charge in [0, 0.05) is 12.6 Å². The Morgan fingerprint density at radius 1 is 1.09 bits per heavy atom. The molecule has 0 aliphatic carbocycles. The minimum Gasteiger partial charge on any atom is -0.352 e. The predicted molar refractivity (Wildman–Crippen MR) is 128 cm³/mol. The second-order valence-corrected chi connectivity index (χ2v) is 10.1. The summed E-state index contributed by atoms with van der Waals surface area (Å²) in [4.78, 5) is 27.6. The number of halogens is 1. The monoisotopic (exact) mass is 477 g/mol. The Morgan fingerprint density at radius 2 is 1.76 bits per heavy atom. The van der Waals surface area contributed by atoms with Crippen LogP contribution in [-0.4, -0.2) is 50.0 Å². The highest BCUT2D eigenvalue weighted by molar-refractivity contribution is 7.92. The van der Waals surface area contributed by atoms with Gasteiger partial charge in [0.1, 0.15) is 18.4 Å². The van der Waals surface area contributed by atoms with Crippen LogP contribution in [0, 0.1) is 12.7 Å². The lowest BCUT2D eigenvalue weighted by Gasteiger charge is -2.32. The third-order valence-corrected chi connectivity index (χ3v) is 6.69. The Hall–Kier alpha value is -2.94. The van der Waals surface area contributed by atoms with Crippen LogP contribution in [0.4, 0.5) is 10.1 Å². The third kappa shape index (κ3) is 7.28. The van der Waals surface area contributed by atoms with E-state index in [4.69, 9.17) is 0 Å². The van der Waals surface area contributed by atoms with Gasteiger partial charge in [0.05, 0.1) is 11.9 Å². The Morgan fingerprint density at radius 3 is 2.33 bits per heavy atom. The van der Waals surface area contributed by atoms with Crippen LogP contribution < -0.4 is 9.62 Å². The molecular weight excluding hydrogens is 445 g/mol. The smallest absolute Gasteiger partial charge is 0.244 e. The molecule has 2 atom stereocenters. The maximum Gasteiger partial charge on any atom is 0.244 e. The Labute approximate surface area is 195 Å². The largest absolute Gasteiger partial charge is 0.352 e. The number of nitrogens with one attached hydrogen (secondary N) is 1. The van der Waals surface area contributed by atoms with E-state index in [1.165, 1.54) is 23.1 Å². The fourth-order valence-corrected chi connectivity index (χ4v) is 4.11. The number of anilines is 1. The minimum atomic E-state index is -3.89. The fraction of sp³-hybridized carbons (Fsp3) is 0.417. The van der Waals surface area contributed by atoms with Crippen LogP contribution >= 0.6 is 0 Å². The zero-order valence-electron chi connectivity index (χ0n) is 19.7. The normalized spacial score (nSPS) is 13.2. The number of amides is 2. The second-order valence-electron chi connectivity index (χ2n) is 8.19. The number of aryl methyl sites for hydroxylation is 1. The summed E-state index contributed by atoms with van der Waals surface area (Å²) in [7, 11) is -3.89. The van der Waals surface area contributed by atoms with Crippen molar-refractivity contribution >= 4 is 27.5 Å². The molecule has 0 bridgehead atoms. The van der Waals surface area contributed by atoms with Crippen LogP contribution in [-0.2, 0) is 26.2 Å². The molecule has 0 aromatic heterocycles. The third-order valence-electron chi connectivity index (χ3n) is 5.55. The summed E-state index contributed by atoms with van der Waals surface area (Å²) in [6.45, 7) is 6.89. The fourth-order valence-electron chi connectivity index (χ4n) is 3.26. The van der Waals surface area contributed by atoms with Gasteiger partial charge in [0.15, 0.2) is 0 Å². The van der Waals surface area contributed by atoms with Gasteiger partial charge in [0.2, 0.25) is 21.8 Å². The molecule has 0 saturated heterocycles. The zero-order chi connectivity index (χ0) is 24.8. The van der Waals surface area contributed by atoms with Crippen LogP contribution in [0.3, 0.4) is 0 Å². The average Bonchev–Trinajstić information content (AvgIpc) is 2.75. The average molecular weight is 478 g/mol. The molecule has 2 rings (SSSR count). The van der Waals surface area contributed by atoms with Crippen molar-refractivity contribution in [2.75, 3.05) is 17.1 Å². The molecule has 2 aromatic rings. The van der Waals surface area contributed by atoms with Gasteiger partial charge < -0.3 is 10.2 Å². The molecule has 0 spiro atoms. The molecule has 2 amide bonds. The van der Waals surface area contributed by atoms with Crippen LogP contribution in [0.25, 0.3) is 0 Å². The van der Waals surface area contributed by atoms with E-state index in [0.29, 0.717) is 0 Å². The molecule has 0 fully saturated rings. The van der Waals surface area contributed by atoms with E-state index in [0.717, 1.165) is 34.2 Å². The van der Waals surface area contributed by atoms with Gasteiger partial charge >= 0.3 is 0 Å². The number of hydrogen-bond donors (Lipinski definition) is 1. The lowest BCUT2D eigenvalue weighted by atomic mass is 10.1. The van der Waals surface area contributed by atoms with Gasteiger partial charge in [-0.3, -0.25) is 13.9 Å². The van der Waals surface area contributed by atoms with E-state index in [9.17, 15) is 22.4 Å². The molecule has 0 unspecified atom stereocenters. The standard InChI is InChI=1S/C24H32FN3O4S/c1-6-18(3)26-24(30)19(4)27(15-20-11-8-7-10-17(20)2)23(29)16-28(33(5,31)32)22-13-9-12-21(25)14-22/h7-14,18-19H,6,15-16H2,1-5H3,(H,26,30)/t18-,19+/m0/s1. The molecule has 0 saturated carbocycles. The maximum atomic E-state index is 13.8. The minimum absolute atomic E-state index is 0.0402. The molecule has 0 radical (unpaired) electrons. The molecule has 7 nitrogen and oxygen atoms in total. The van der Waals surface area contributed by atoms with Crippen LogP contribution in [0.1, 0.15) is 38.3 Å². The van der Waals surface area contributed by atoms with E-state index in [2.05, 4.69) is 5.32 Å². The number of rotatable bonds is 10. The number of carbonyl (C=O) groups is 2. The van der Waals surface area contributed by atoms with Crippen molar-refractivity contribution in [2.45, 2.75) is 52.7 Å². The second kappa shape index (κ2) is 11.3.